The number of amides is 2. The zero-order valence-corrected chi connectivity index (χ0v) is 21.3. The van der Waals surface area contributed by atoms with Gasteiger partial charge in [-0.25, -0.2) is 13.8 Å². The SMILES string of the molecule is C[C@@H]1CC2(Cc3ccc(NC(=O)C(C)(C)F)cc3[C@]23N=C(N)N(CC(C)(C)F)C3=O)C[C@H](C)C1O. The van der Waals surface area contributed by atoms with Gasteiger partial charge in [0.2, 0.25) is 0 Å². The number of anilines is 1. The molecule has 4 N–H and O–H groups in total. The third-order valence-electron chi connectivity index (χ3n) is 7.83. The molecule has 1 aromatic rings. The predicted molar refractivity (Wildman–Crippen MR) is 130 cm³/mol. The summed E-state index contributed by atoms with van der Waals surface area (Å²) in [5.41, 5.74) is 2.22. The fourth-order valence-electron chi connectivity index (χ4n) is 6.39. The third kappa shape index (κ3) is 4.01. The molecule has 2 unspecified atom stereocenters. The average Bonchev–Trinajstić information content (AvgIpc) is 3.11. The van der Waals surface area contributed by atoms with Gasteiger partial charge < -0.3 is 16.2 Å². The van der Waals surface area contributed by atoms with Crippen molar-refractivity contribution in [3.05, 3.63) is 29.3 Å². The molecule has 5 atom stereocenters. The van der Waals surface area contributed by atoms with Crippen molar-refractivity contribution >= 4 is 23.5 Å². The summed E-state index contributed by atoms with van der Waals surface area (Å²) in [6, 6.07) is 5.19. The Kier molecular flexibility index (Phi) is 5.82. The summed E-state index contributed by atoms with van der Waals surface area (Å²) in [5, 5.41) is 13.3. The Labute approximate surface area is 205 Å². The second-order valence-electron chi connectivity index (χ2n) is 11.9. The molecule has 3 aliphatic rings. The smallest absolute Gasteiger partial charge is 0.262 e. The van der Waals surface area contributed by atoms with E-state index in [4.69, 9.17) is 10.7 Å². The first-order valence-electron chi connectivity index (χ1n) is 12.2. The van der Waals surface area contributed by atoms with Gasteiger partial charge in [0, 0.05) is 11.1 Å². The maximum absolute atomic E-state index is 14.7. The van der Waals surface area contributed by atoms with Crippen LogP contribution in [-0.4, -0.2) is 51.8 Å². The zero-order valence-electron chi connectivity index (χ0n) is 21.3. The van der Waals surface area contributed by atoms with E-state index >= 15 is 0 Å². The minimum Gasteiger partial charge on any atom is -0.393 e. The van der Waals surface area contributed by atoms with Crippen molar-refractivity contribution in [2.24, 2.45) is 28.0 Å². The number of hydrogen-bond donors (Lipinski definition) is 3. The first-order valence-corrected chi connectivity index (χ1v) is 12.2. The van der Waals surface area contributed by atoms with Crippen LogP contribution < -0.4 is 11.1 Å². The number of carbonyl (C=O) groups is 2. The van der Waals surface area contributed by atoms with Crippen molar-refractivity contribution in [3.63, 3.8) is 0 Å². The number of halogens is 2. The standard InChI is InChI=1S/C26H36F2N4O3/c1-14-10-25(11-15(2)19(14)33)12-16-7-8-17(30-20(34)24(5,6)28)9-18(16)26(25)21(35)32(22(29)31-26)13-23(3,4)27/h7-9,14-15,19,33H,10-13H2,1-6H3,(H2,29,31)(H,30,34)/t14-,15+,19?,25?,26-/m1/s1. The number of fused-ring (bicyclic) bond motifs is 3. The van der Waals surface area contributed by atoms with E-state index in [1.165, 1.54) is 32.6 Å². The molecule has 1 aromatic carbocycles. The fraction of sp³-hybridized carbons (Fsp3) is 0.654. The molecule has 9 heteroatoms. The minimum absolute atomic E-state index is 0.0429. The molecule has 1 fully saturated rings. The van der Waals surface area contributed by atoms with E-state index in [0.29, 0.717) is 30.5 Å². The minimum atomic E-state index is -2.09. The molecule has 192 valence electrons. The van der Waals surface area contributed by atoms with E-state index in [-0.39, 0.29) is 24.3 Å². The van der Waals surface area contributed by atoms with E-state index in [1.807, 2.05) is 19.9 Å². The van der Waals surface area contributed by atoms with Crippen LogP contribution in [0.15, 0.2) is 23.2 Å². The number of benzene rings is 1. The number of rotatable bonds is 4. The lowest BCUT2D eigenvalue weighted by Gasteiger charge is -2.49. The summed E-state index contributed by atoms with van der Waals surface area (Å²) in [7, 11) is 0. The average molecular weight is 491 g/mol. The van der Waals surface area contributed by atoms with Crippen molar-refractivity contribution < 1.29 is 23.5 Å². The highest BCUT2D eigenvalue weighted by molar-refractivity contribution is 6.09. The van der Waals surface area contributed by atoms with Crippen molar-refractivity contribution in [1.82, 2.24) is 4.90 Å². The summed E-state index contributed by atoms with van der Waals surface area (Å²) in [6.07, 6.45) is 1.08. The van der Waals surface area contributed by atoms with Gasteiger partial charge in [-0.15, -0.1) is 0 Å². The van der Waals surface area contributed by atoms with Crippen LogP contribution in [0.25, 0.3) is 0 Å². The van der Waals surface area contributed by atoms with E-state index in [2.05, 4.69) is 5.32 Å². The van der Waals surface area contributed by atoms with Crippen LogP contribution in [0.1, 0.15) is 65.5 Å². The number of carbonyl (C=O) groups excluding carboxylic acids is 2. The van der Waals surface area contributed by atoms with Gasteiger partial charge in [0.05, 0.1) is 12.6 Å². The molecule has 2 aliphatic carbocycles. The van der Waals surface area contributed by atoms with Crippen LogP contribution in [0.3, 0.4) is 0 Å². The van der Waals surface area contributed by atoms with Gasteiger partial charge in [0.25, 0.3) is 11.8 Å². The van der Waals surface area contributed by atoms with Gasteiger partial charge in [-0.3, -0.25) is 14.5 Å². The molecule has 0 saturated heterocycles. The molecule has 35 heavy (non-hydrogen) atoms. The molecule has 7 nitrogen and oxygen atoms in total. The number of guanidine groups is 1. The number of hydrogen-bond acceptors (Lipinski definition) is 5. The first-order chi connectivity index (χ1) is 16.0. The quantitative estimate of drug-likeness (QED) is 0.601. The number of nitrogens with two attached hydrogens (primary N) is 1. The monoisotopic (exact) mass is 490 g/mol. The Morgan fingerprint density at radius 3 is 2.37 bits per heavy atom. The van der Waals surface area contributed by atoms with Crippen molar-refractivity contribution in [2.45, 2.75) is 83.8 Å². The highest BCUT2D eigenvalue weighted by Gasteiger charge is 2.68. The number of nitrogens with one attached hydrogen (secondary N) is 1. The molecular weight excluding hydrogens is 454 g/mol. The fourth-order valence-corrected chi connectivity index (χ4v) is 6.39. The second kappa shape index (κ2) is 7.98. The normalized spacial score (nSPS) is 32.8. The molecular formula is C26H36F2N4O3. The molecule has 0 radical (unpaired) electrons. The topological polar surface area (TPSA) is 108 Å². The first kappa shape index (κ1) is 25.5. The van der Waals surface area contributed by atoms with Crippen LogP contribution in [0.5, 0.6) is 0 Å². The van der Waals surface area contributed by atoms with Gasteiger partial charge >= 0.3 is 0 Å². The van der Waals surface area contributed by atoms with Gasteiger partial charge in [-0.2, -0.15) is 0 Å². The summed E-state index contributed by atoms with van der Waals surface area (Å²) < 4.78 is 28.9. The second-order valence-corrected chi connectivity index (χ2v) is 11.9. The van der Waals surface area contributed by atoms with Crippen molar-refractivity contribution in [2.75, 3.05) is 11.9 Å². The lowest BCUT2D eigenvalue weighted by atomic mass is 9.56. The molecule has 1 heterocycles. The van der Waals surface area contributed by atoms with Gasteiger partial charge in [-0.1, -0.05) is 19.9 Å². The Bertz CT molecular complexity index is 1080. The summed E-state index contributed by atoms with van der Waals surface area (Å²) in [6.45, 7) is 8.78. The lowest BCUT2D eigenvalue weighted by Crippen LogP contribution is -2.56. The van der Waals surface area contributed by atoms with Gasteiger partial charge in [-0.05, 0) is 82.1 Å². The van der Waals surface area contributed by atoms with Crippen LogP contribution >= 0.6 is 0 Å². The van der Waals surface area contributed by atoms with Crippen LogP contribution in [0, 0.1) is 17.3 Å². The van der Waals surface area contributed by atoms with E-state index < -0.39 is 40.2 Å². The summed E-state index contributed by atoms with van der Waals surface area (Å²) in [5.74, 6) is -1.42. The molecule has 1 saturated carbocycles. The molecule has 0 aromatic heterocycles. The number of nitrogens with zero attached hydrogens (tertiary/aromatic N) is 2. The van der Waals surface area contributed by atoms with E-state index in [0.717, 1.165) is 5.56 Å². The third-order valence-corrected chi connectivity index (χ3v) is 7.83. The number of aliphatic hydroxyl groups excluding tert-OH is 1. The molecule has 4 rings (SSSR count). The number of aliphatic hydroxyl groups is 1. The highest BCUT2D eigenvalue weighted by Crippen LogP contribution is 2.63. The molecule has 2 spiro atoms. The van der Waals surface area contributed by atoms with Crippen LogP contribution in [0.4, 0.5) is 14.5 Å². The van der Waals surface area contributed by atoms with E-state index in [1.54, 1.807) is 12.1 Å². The number of alkyl halides is 2. The Morgan fingerprint density at radius 1 is 1.23 bits per heavy atom. The predicted octanol–water partition coefficient (Wildman–Crippen LogP) is 3.44. The number of aliphatic imine (C=N–C) groups is 1. The Morgan fingerprint density at radius 2 is 1.83 bits per heavy atom. The Hall–Kier alpha value is -2.55. The largest absolute Gasteiger partial charge is 0.393 e. The summed E-state index contributed by atoms with van der Waals surface area (Å²) in [4.78, 5) is 32.5. The molecule has 1 aliphatic heterocycles. The maximum atomic E-state index is 14.7. The van der Waals surface area contributed by atoms with Crippen LogP contribution in [-0.2, 0) is 21.5 Å². The zero-order chi connectivity index (χ0) is 26.1. The highest BCUT2D eigenvalue weighted by atomic mass is 19.1. The Balaban J connectivity index is 1.87. The molecule has 0 bridgehead atoms. The van der Waals surface area contributed by atoms with Crippen molar-refractivity contribution in [1.29, 1.82) is 0 Å². The maximum Gasteiger partial charge on any atom is 0.262 e. The van der Waals surface area contributed by atoms with E-state index in [9.17, 15) is 23.5 Å². The molecule has 2 amide bonds. The lowest BCUT2D eigenvalue weighted by molar-refractivity contribution is -0.142. The summed E-state index contributed by atoms with van der Waals surface area (Å²) >= 11 is 0. The van der Waals surface area contributed by atoms with Gasteiger partial charge in [0.15, 0.2) is 17.2 Å². The van der Waals surface area contributed by atoms with Crippen molar-refractivity contribution in [3.8, 4) is 0 Å². The van der Waals surface area contributed by atoms with Crippen LogP contribution in [0.2, 0.25) is 0 Å². The van der Waals surface area contributed by atoms with Gasteiger partial charge in [0.1, 0.15) is 5.67 Å².